The first-order chi connectivity index (χ1) is 17.1. The molecule has 4 rings (SSSR count). The van der Waals surface area contributed by atoms with Crippen LogP contribution in [0.3, 0.4) is 0 Å². The third-order valence-corrected chi connectivity index (χ3v) is 6.75. The molecule has 0 unspecified atom stereocenters. The molecule has 3 aromatic carbocycles. The van der Waals surface area contributed by atoms with Crippen LogP contribution >= 0.6 is 11.8 Å². The first-order valence-electron chi connectivity index (χ1n) is 12.1. The molecule has 180 valence electrons. The summed E-state index contributed by atoms with van der Waals surface area (Å²) in [7, 11) is 0. The molecule has 0 aliphatic rings. The lowest BCUT2D eigenvalue weighted by Crippen LogP contribution is -2.22. The van der Waals surface area contributed by atoms with E-state index in [1.165, 1.54) is 16.7 Å². The molecule has 0 aliphatic heterocycles. The fourth-order valence-electron chi connectivity index (χ4n) is 4.15. The number of hydrogen-bond acceptors (Lipinski definition) is 4. The molecule has 0 saturated carbocycles. The van der Waals surface area contributed by atoms with E-state index < -0.39 is 0 Å². The second-order valence-electron chi connectivity index (χ2n) is 8.82. The number of carbonyl (C=O) groups excluding carboxylic acids is 1. The highest BCUT2D eigenvalue weighted by atomic mass is 32.2. The summed E-state index contributed by atoms with van der Waals surface area (Å²) in [6, 6.07) is 26.9. The van der Waals surface area contributed by atoms with Crippen molar-refractivity contribution in [3.8, 4) is 5.69 Å². The van der Waals surface area contributed by atoms with Crippen LogP contribution in [0.1, 0.15) is 47.3 Å². The Morgan fingerprint density at radius 2 is 1.54 bits per heavy atom. The molecule has 0 bridgehead atoms. The maximum absolute atomic E-state index is 12.2. The topological polar surface area (TPSA) is 59.8 Å². The highest BCUT2D eigenvalue weighted by molar-refractivity contribution is 7.98. The molecule has 1 aromatic heterocycles. The van der Waals surface area contributed by atoms with E-state index in [0.717, 1.165) is 47.2 Å². The summed E-state index contributed by atoms with van der Waals surface area (Å²) >= 11 is 1.71. The Morgan fingerprint density at radius 3 is 2.26 bits per heavy atom. The van der Waals surface area contributed by atoms with Gasteiger partial charge in [-0.25, -0.2) is 0 Å². The van der Waals surface area contributed by atoms with Crippen LogP contribution in [-0.4, -0.2) is 20.7 Å². The molecule has 0 fully saturated rings. The van der Waals surface area contributed by atoms with E-state index in [2.05, 4.69) is 64.3 Å². The van der Waals surface area contributed by atoms with Crippen molar-refractivity contribution in [1.29, 1.82) is 0 Å². The Hall–Kier alpha value is -3.38. The summed E-state index contributed by atoms with van der Waals surface area (Å²) in [5, 5.41) is 12.9. The van der Waals surface area contributed by atoms with Gasteiger partial charge in [-0.2, -0.15) is 0 Å². The minimum atomic E-state index is 0.0862. The first kappa shape index (κ1) is 24.7. The molecule has 0 radical (unpaired) electrons. The molecule has 6 heteroatoms. The fourth-order valence-corrected chi connectivity index (χ4v) is 5.05. The number of nitrogens with one attached hydrogen (secondary N) is 1. The average Bonchev–Trinajstić information content (AvgIpc) is 3.27. The molecule has 1 heterocycles. The second-order valence-corrected chi connectivity index (χ2v) is 9.77. The largest absolute Gasteiger partial charge is 0.352 e. The Labute approximate surface area is 212 Å². The molecule has 0 aliphatic carbocycles. The van der Waals surface area contributed by atoms with Crippen molar-refractivity contribution in [2.24, 2.45) is 0 Å². The van der Waals surface area contributed by atoms with Gasteiger partial charge in [0.2, 0.25) is 5.91 Å². The van der Waals surface area contributed by atoms with Crippen LogP contribution in [0.2, 0.25) is 0 Å². The van der Waals surface area contributed by atoms with Gasteiger partial charge in [0.15, 0.2) is 5.16 Å². The number of benzene rings is 3. The van der Waals surface area contributed by atoms with Crippen LogP contribution in [0.4, 0.5) is 0 Å². The molecule has 0 atom stereocenters. The molecule has 0 saturated heterocycles. The Balaban J connectivity index is 1.35. The van der Waals surface area contributed by atoms with Crippen LogP contribution in [0.15, 0.2) is 84.0 Å². The third kappa shape index (κ3) is 7.30. The molecule has 1 N–H and O–H groups in total. The van der Waals surface area contributed by atoms with Gasteiger partial charge >= 0.3 is 0 Å². The zero-order chi connectivity index (χ0) is 24.5. The van der Waals surface area contributed by atoms with Crippen molar-refractivity contribution >= 4 is 17.7 Å². The lowest BCUT2D eigenvalue weighted by atomic mass is 10.1. The van der Waals surface area contributed by atoms with E-state index in [9.17, 15) is 4.79 Å². The number of unbranched alkanes of at least 4 members (excludes halogenated alkanes) is 1. The molecule has 35 heavy (non-hydrogen) atoms. The number of aromatic nitrogens is 3. The van der Waals surface area contributed by atoms with Crippen LogP contribution < -0.4 is 5.32 Å². The summed E-state index contributed by atoms with van der Waals surface area (Å²) in [5.74, 6) is 1.86. The van der Waals surface area contributed by atoms with E-state index in [0.29, 0.717) is 13.0 Å². The standard InChI is InChI=1S/C29H32N4OS/c1-22-17-23(2)19-25(18-22)21-35-29-32-31-27(33(29)26-13-7-4-8-14-26)15-9-10-16-28(34)30-20-24-11-5-3-6-12-24/h3-8,11-14,17-19H,9-10,15-16,20-21H2,1-2H3,(H,30,34). The fraction of sp³-hybridized carbons (Fsp3) is 0.276. The lowest BCUT2D eigenvalue weighted by molar-refractivity contribution is -0.121. The van der Waals surface area contributed by atoms with Crippen molar-refractivity contribution in [3.63, 3.8) is 0 Å². The Kier molecular flexibility index (Phi) is 8.74. The van der Waals surface area contributed by atoms with Crippen molar-refractivity contribution in [2.75, 3.05) is 0 Å². The van der Waals surface area contributed by atoms with Gasteiger partial charge in [-0.1, -0.05) is 89.6 Å². The van der Waals surface area contributed by atoms with E-state index in [1.807, 2.05) is 48.5 Å². The highest BCUT2D eigenvalue weighted by Crippen LogP contribution is 2.26. The SMILES string of the molecule is Cc1cc(C)cc(CSc2nnc(CCCCC(=O)NCc3ccccc3)n2-c2ccccc2)c1. The maximum Gasteiger partial charge on any atom is 0.220 e. The number of para-hydroxylation sites is 1. The lowest BCUT2D eigenvalue weighted by Gasteiger charge is -2.11. The second kappa shape index (κ2) is 12.4. The van der Waals surface area contributed by atoms with Crippen molar-refractivity contribution in [3.05, 3.63) is 107 Å². The summed E-state index contributed by atoms with van der Waals surface area (Å²) in [6.07, 6.45) is 2.98. The van der Waals surface area contributed by atoms with Gasteiger partial charge in [-0.05, 0) is 49.9 Å². The van der Waals surface area contributed by atoms with Crippen molar-refractivity contribution < 1.29 is 4.79 Å². The van der Waals surface area contributed by atoms with E-state index >= 15 is 0 Å². The van der Waals surface area contributed by atoms with Gasteiger partial charge in [0.1, 0.15) is 5.82 Å². The number of rotatable bonds is 11. The molecule has 1 amide bonds. The maximum atomic E-state index is 12.2. The third-order valence-electron chi connectivity index (χ3n) is 5.75. The number of nitrogens with zero attached hydrogens (tertiary/aromatic N) is 3. The minimum absolute atomic E-state index is 0.0862. The smallest absolute Gasteiger partial charge is 0.220 e. The van der Waals surface area contributed by atoms with Crippen molar-refractivity contribution in [2.45, 2.75) is 57.0 Å². The Morgan fingerprint density at radius 1 is 0.857 bits per heavy atom. The van der Waals surface area contributed by atoms with Crippen molar-refractivity contribution in [1.82, 2.24) is 20.1 Å². The summed E-state index contributed by atoms with van der Waals surface area (Å²) in [4.78, 5) is 12.2. The molecular formula is C29H32N4OS. The van der Waals surface area contributed by atoms with Crippen LogP contribution in [0.5, 0.6) is 0 Å². The summed E-state index contributed by atoms with van der Waals surface area (Å²) in [5.41, 5.74) is 6.02. The first-order valence-corrected chi connectivity index (χ1v) is 13.1. The van der Waals surface area contributed by atoms with E-state index in [1.54, 1.807) is 11.8 Å². The van der Waals surface area contributed by atoms with Gasteiger partial charge < -0.3 is 5.32 Å². The quantitative estimate of drug-likeness (QED) is 0.203. The van der Waals surface area contributed by atoms with Gasteiger partial charge in [-0.15, -0.1) is 10.2 Å². The molecule has 4 aromatic rings. The molecule has 0 spiro atoms. The van der Waals surface area contributed by atoms with Gasteiger partial charge in [0.25, 0.3) is 0 Å². The monoisotopic (exact) mass is 484 g/mol. The van der Waals surface area contributed by atoms with Gasteiger partial charge in [0, 0.05) is 30.8 Å². The number of thioether (sulfide) groups is 1. The number of aryl methyl sites for hydroxylation is 3. The summed E-state index contributed by atoms with van der Waals surface area (Å²) in [6.45, 7) is 4.84. The van der Waals surface area contributed by atoms with Crippen LogP contribution in [-0.2, 0) is 23.5 Å². The van der Waals surface area contributed by atoms with Crippen LogP contribution in [0, 0.1) is 13.8 Å². The number of amides is 1. The average molecular weight is 485 g/mol. The normalized spacial score (nSPS) is 10.9. The predicted octanol–water partition coefficient (Wildman–Crippen LogP) is 6.21. The number of carbonyl (C=O) groups is 1. The van der Waals surface area contributed by atoms with Gasteiger partial charge in [-0.3, -0.25) is 9.36 Å². The molecular weight excluding hydrogens is 452 g/mol. The van der Waals surface area contributed by atoms with Gasteiger partial charge in [0.05, 0.1) is 0 Å². The molecule has 5 nitrogen and oxygen atoms in total. The number of hydrogen-bond donors (Lipinski definition) is 1. The minimum Gasteiger partial charge on any atom is -0.352 e. The predicted molar refractivity (Wildman–Crippen MR) is 143 cm³/mol. The van der Waals surface area contributed by atoms with E-state index in [-0.39, 0.29) is 5.91 Å². The highest BCUT2D eigenvalue weighted by Gasteiger charge is 2.15. The summed E-state index contributed by atoms with van der Waals surface area (Å²) < 4.78 is 2.16. The van der Waals surface area contributed by atoms with E-state index in [4.69, 9.17) is 0 Å². The Bertz CT molecular complexity index is 1220. The van der Waals surface area contributed by atoms with Crippen LogP contribution in [0.25, 0.3) is 5.69 Å². The zero-order valence-electron chi connectivity index (χ0n) is 20.4. The zero-order valence-corrected chi connectivity index (χ0v) is 21.2.